The summed E-state index contributed by atoms with van der Waals surface area (Å²) >= 11 is 0. The van der Waals surface area contributed by atoms with Gasteiger partial charge in [-0.15, -0.1) is 0 Å². The first-order valence-corrected chi connectivity index (χ1v) is 9.02. The van der Waals surface area contributed by atoms with Crippen molar-refractivity contribution in [2.24, 2.45) is 5.41 Å². The lowest BCUT2D eigenvalue weighted by Crippen LogP contribution is -2.41. The maximum atomic E-state index is 12.6. The van der Waals surface area contributed by atoms with Gasteiger partial charge in [-0.2, -0.15) is 0 Å². The van der Waals surface area contributed by atoms with Gasteiger partial charge in [0.1, 0.15) is 0 Å². The summed E-state index contributed by atoms with van der Waals surface area (Å²) in [7, 11) is 0. The molecule has 0 aliphatic heterocycles. The molecule has 0 heterocycles. The lowest BCUT2D eigenvalue weighted by molar-refractivity contribution is -0.171. The molecule has 26 heavy (non-hydrogen) atoms. The van der Waals surface area contributed by atoms with Gasteiger partial charge in [-0.3, -0.25) is 9.59 Å². The third-order valence-corrected chi connectivity index (χ3v) is 3.84. The average molecular weight is 364 g/mol. The van der Waals surface area contributed by atoms with Crippen LogP contribution in [0.3, 0.4) is 0 Å². The first-order chi connectivity index (χ1) is 12.5. The molecule has 0 aromatic rings. The van der Waals surface area contributed by atoms with Gasteiger partial charge in [-0.05, 0) is 46.5 Å². The van der Waals surface area contributed by atoms with Crippen LogP contribution < -0.4 is 0 Å². The number of carbonyl (C=O) groups excluding carboxylic acids is 3. The summed E-state index contributed by atoms with van der Waals surface area (Å²) in [6, 6.07) is 0. The third-order valence-electron chi connectivity index (χ3n) is 3.84. The van der Waals surface area contributed by atoms with Crippen molar-refractivity contribution in [1.82, 2.24) is 0 Å². The topological polar surface area (TPSA) is 78.9 Å². The molecule has 0 aromatic carbocycles. The van der Waals surface area contributed by atoms with Crippen LogP contribution >= 0.6 is 0 Å². The normalized spacial score (nSPS) is 13.7. The SMILES string of the molecule is CCOC(=O)/C=C/C=C/CC(CC=C1CC1)(C(=O)OCC)C(=O)OCC. The molecule has 1 aliphatic rings. The van der Waals surface area contributed by atoms with Crippen LogP contribution in [0, 0.1) is 5.41 Å². The Balaban J connectivity index is 2.95. The fourth-order valence-corrected chi connectivity index (χ4v) is 2.31. The molecule has 0 unspecified atom stereocenters. The van der Waals surface area contributed by atoms with Crippen LogP contribution in [0.2, 0.25) is 0 Å². The van der Waals surface area contributed by atoms with E-state index in [0.29, 0.717) is 6.61 Å². The molecule has 0 radical (unpaired) electrons. The van der Waals surface area contributed by atoms with Crippen LogP contribution in [0.5, 0.6) is 0 Å². The van der Waals surface area contributed by atoms with Crippen LogP contribution in [0.25, 0.3) is 0 Å². The Bertz CT molecular complexity index is 561. The standard InChI is InChI=1S/C20H28O6/c1-4-24-17(21)10-8-7-9-14-20(18(22)25-5-2,19(23)26-6-3)15-13-16-11-12-16/h7-10,13H,4-6,11-12,14-15H2,1-3H3/b9-7+,10-8+. The highest BCUT2D eigenvalue weighted by Crippen LogP contribution is 2.36. The average Bonchev–Trinajstić information content (AvgIpc) is 3.42. The summed E-state index contributed by atoms with van der Waals surface area (Å²) in [4.78, 5) is 36.5. The molecule has 144 valence electrons. The fourth-order valence-electron chi connectivity index (χ4n) is 2.31. The molecule has 0 atom stereocenters. The minimum Gasteiger partial charge on any atom is -0.465 e. The number of allylic oxidation sites excluding steroid dienone is 5. The summed E-state index contributed by atoms with van der Waals surface area (Å²) in [6.45, 7) is 5.79. The molecule has 1 aliphatic carbocycles. The second kappa shape index (κ2) is 11.3. The minimum absolute atomic E-state index is 0.127. The molecule has 1 fully saturated rings. The zero-order chi connectivity index (χ0) is 19.4. The van der Waals surface area contributed by atoms with Crippen molar-refractivity contribution >= 4 is 17.9 Å². The maximum Gasteiger partial charge on any atom is 0.330 e. The van der Waals surface area contributed by atoms with E-state index in [1.165, 1.54) is 17.7 Å². The number of carbonyl (C=O) groups is 3. The van der Waals surface area contributed by atoms with Gasteiger partial charge < -0.3 is 14.2 Å². The molecule has 0 N–H and O–H groups in total. The van der Waals surface area contributed by atoms with Gasteiger partial charge in [0.2, 0.25) is 0 Å². The van der Waals surface area contributed by atoms with E-state index in [2.05, 4.69) is 0 Å². The van der Waals surface area contributed by atoms with Crippen LogP contribution in [0.15, 0.2) is 36.0 Å². The van der Waals surface area contributed by atoms with Crippen LogP contribution in [0.1, 0.15) is 46.5 Å². The Hall–Kier alpha value is -2.37. The predicted octanol–water partition coefficient (Wildman–Crippen LogP) is 3.27. The molecule has 0 aromatic heterocycles. The molecule has 0 bridgehead atoms. The largest absolute Gasteiger partial charge is 0.465 e. The van der Waals surface area contributed by atoms with Crippen LogP contribution in [0.4, 0.5) is 0 Å². The van der Waals surface area contributed by atoms with Gasteiger partial charge in [0.25, 0.3) is 0 Å². The quantitative estimate of drug-likeness (QED) is 0.140. The van der Waals surface area contributed by atoms with Gasteiger partial charge in [0.05, 0.1) is 19.8 Å². The number of ether oxygens (including phenoxy) is 3. The molecule has 0 spiro atoms. The molecular formula is C20H28O6. The Morgan fingerprint density at radius 2 is 1.46 bits per heavy atom. The van der Waals surface area contributed by atoms with Gasteiger partial charge in [0.15, 0.2) is 5.41 Å². The second-order valence-corrected chi connectivity index (χ2v) is 5.83. The predicted molar refractivity (Wildman–Crippen MR) is 97.2 cm³/mol. The van der Waals surface area contributed by atoms with E-state index < -0.39 is 23.3 Å². The highest BCUT2D eigenvalue weighted by molar-refractivity contribution is 6.00. The smallest absolute Gasteiger partial charge is 0.330 e. The van der Waals surface area contributed by atoms with Crippen molar-refractivity contribution in [2.75, 3.05) is 19.8 Å². The van der Waals surface area contributed by atoms with E-state index in [0.717, 1.165) is 12.8 Å². The lowest BCUT2D eigenvalue weighted by Gasteiger charge is -2.27. The summed E-state index contributed by atoms with van der Waals surface area (Å²) in [5.74, 6) is -1.62. The molecule has 6 nitrogen and oxygen atoms in total. The molecule has 6 heteroatoms. The first-order valence-electron chi connectivity index (χ1n) is 9.02. The summed E-state index contributed by atoms with van der Waals surface area (Å²) < 4.78 is 15.1. The van der Waals surface area contributed by atoms with E-state index in [1.807, 2.05) is 6.08 Å². The van der Waals surface area contributed by atoms with Crippen LogP contribution in [-0.2, 0) is 28.6 Å². The number of rotatable bonds is 11. The first kappa shape index (κ1) is 21.7. The Morgan fingerprint density at radius 1 is 0.885 bits per heavy atom. The highest BCUT2D eigenvalue weighted by atomic mass is 16.6. The summed E-state index contributed by atoms with van der Waals surface area (Å²) in [6.07, 6.45) is 10.4. The van der Waals surface area contributed by atoms with E-state index in [1.54, 1.807) is 32.9 Å². The van der Waals surface area contributed by atoms with Gasteiger partial charge >= 0.3 is 17.9 Å². The number of esters is 3. The second-order valence-electron chi connectivity index (χ2n) is 5.83. The Morgan fingerprint density at radius 3 is 1.96 bits per heavy atom. The summed E-state index contributed by atoms with van der Waals surface area (Å²) in [5.41, 5.74) is -0.176. The van der Waals surface area contributed by atoms with Crippen molar-refractivity contribution in [3.63, 3.8) is 0 Å². The van der Waals surface area contributed by atoms with E-state index in [4.69, 9.17) is 14.2 Å². The minimum atomic E-state index is -1.41. The van der Waals surface area contributed by atoms with Gasteiger partial charge in [0, 0.05) is 6.08 Å². The number of hydrogen-bond acceptors (Lipinski definition) is 6. The van der Waals surface area contributed by atoms with Gasteiger partial charge in [-0.1, -0.05) is 29.9 Å². The summed E-state index contributed by atoms with van der Waals surface area (Å²) in [5, 5.41) is 0. The molecule has 0 amide bonds. The van der Waals surface area contributed by atoms with Gasteiger partial charge in [-0.25, -0.2) is 4.79 Å². The Labute approximate surface area is 154 Å². The van der Waals surface area contributed by atoms with E-state index in [-0.39, 0.29) is 26.1 Å². The molecular weight excluding hydrogens is 336 g/mol. The molecule has 0 saturated heterocycles. The van der Waals surface area contributed by atoms with E-state index in [9.17, 15) is 14.4 Å². The van der Waals surface area contributed by atoms with Crippen molar-refractivity contribution in [3.05, 3.63) is 36.0 Å². The van der Waals surface area contributed by atoms with Crippen molar-refractivity contribution < 1.29 is 28.6 Å². The zero-order valence-electron chi connectivity index (χ0n) is 15.8. The van der Waals surface area contributed by atoms with Crippen molar-refractivity contribution in [3.8, 4) is 0 Å². The number of hydrogen-bond donors (Lipinski definition) is 0. The zero-order valence-corrected chi connectivity index (χ0v) is 15.8. The Kier molecular flexibility index (Phi) is 9.41. The lowest BCUT2D eigenvalue weighted by atomic mass is 9.80. The third kappa shape index (κ3) is 6.86. The molecule has 1 rings (SSSR count). The van der Waals surface area contributed by atoms with Crippen molar-refractivity contribution in [2.45, 2.75) is 46.5 Å². The molecule has 1 saturated carbocycles. The maximum absolute atomic E-state index is 12.6. The monoisotopic (exact) mass is 364 g/mol. The fraction of sp³-hybridized carbons (Fsp3) is 0.550. The van der Waals surface area contributed by atoms with Crippen LogP contribution in [-0.4, -0.2) is 37.7 Å². The van der Waals surface area contributed by atoms with Crippen molar-refractivity contribution in [1.29, 1.82) is 0 Å². The van der Waals surface area contributed by atoms with E-state index >= 15 is 0 Å². The highest BCUT2D eigenvalue weighted by Gasteiger charge is 2.47.